The van der Waals surface area contributed by atoms with Gasteiger partial charge in [0.25, 0.3) is 0 Å². The van der Waals surface area contributed by atoms with E-state index in [1.54, 1.807) is 0 Å². The second-order valence-corrected chi connectivity index (χ2v) is 5.06. The van der Waals surface area contributed by atoms with Gasteiger partial charge in [-0.25, -0.2) is 13.2 Å². The minimum absolute atomic E-state index is 0.0534. The zero-order valence-corrected chi connectivity index (χ0v) is 8.50. The first-order valence-electron chi connectivity index (χ1n) is 3.94. The topological polar surface area (TPSA) is 80.7 Å². The van der Waals surface area contributed by atoms with Crippen molar-refractivity contribution in [2.75, 3.05) is 18.1 Å². The number of carbonyl (C=O) groups is 1. The van der Waals surface area contributed by atoms with E-state index in [-0.39, 0.29) is 18.1 Å². The van der Waals surface area contributed by atoms with Crippen LogP contribution in [-0.2, 0) is 19.4 Å². The molecule has 0 aromatic heterocycles. The van der Waals surface area contributed by atoms with Crippen molar-refractivity contribution in [3.8, 4) is 0 Å². The average molecular weight is 210 g/mol. The standard InChI is InChI=1S/C7H14O5S/c1-3-13(10,11)5-4-12-6(2)7(8)9/h6H,3-5H2,1-2H3,(H,8,9). The molecule has 0 heterocycles. The number of rotatable bonds is 6. The van der Waals surface area contributed by atoms with Gasteiger partial charge in [-0.15, -0.1) is 0 Å². The fourth-order valence-electron chi connectivity index (χ4n) is 0.567. The van der Waals surface area contributed by atoms with Crippen LogP contribution in [0.25, 0.3) is 0 Å². The molecule has 5 nitrogen and oxygen atoms in total. The average Bonchev–Trinajstić information content (AvgIpc) is 2.04. The number of sulfone groups is 1. The van der Waals surface area contributed by atoms with Crippen molar-refractivity contribution in [1.29, 1.82) is 0 Å². The summed E-state index contributed by atoms with van der Waals surface area (Å²) < 4.78 is 26.6. The van der Waals surface area contributed by atoms with Crippen molar-refractivity contribution in [2.24, 2.45) is 0 Å². The molecule has 1 N–H and O–H groups in total. The molecule has 0 bridgehead atoms. The SMILES string of the molecule is CCS(=O)(=O)CCOC(C)C(=O)O. The summed E-state index contributed by atoms with van der Waals surface area (Å²) in [4.78, 5) is 10.2. The van der Waals surface area contributed by atoms with E-state index in [4.69, 9.17) is 9.84 Å². The maximum Gasteiger partial charge on any atom is 0.332 e. The third kappa shape index (κ3) is 5.59. The minimum atomic E-state index is -3.06. The van der Waals surface area contributed by atoms with E-state index in [1.165, 1.54) is 13.8 Å². The van der Waals surface area contributed by atoms with Crippen LogP contribution in [-0.4, -0.2) is 43.7 Å². The van der Waals surface area contributed by atoms with E-state index in [9.17, 15) is 13.2 Å². The van der Waals surface area contributed by atoms with E-state index in [0.717, 1.165) is 0 Å². The number of ether oxygens (including phenoxy) is 1. The van der Waals surface area contributed by atoms with E-state index in [2.05, 4.69) is 0 Å². The van der Waals surface area contributed by atoms with Gasteiger partial charge in [-0.05, 0) is 6.92 Å². The second-order valence-electron chi connectivity index (χ2n) is 2.59. The second kappa shape index (κ2) is 5.18. The van der Waals surface area contributed by atoms with Crippen molar-refractivity contribution in [1.82, 2.24) is 0 Å². The van der Waals surface area contributed by atoms with Gasteiger partial charge in [0.1, 0.15) is 0 Å². The van der Waals surface area contributed by atoms with Gasteiger partial charge in [0.05, 0.1) is 12.4 Å². The Morgan fingerprint density at radius 3 is 2.46 bits per heavy atom. The van der Waals surface area contributed by atoms with Gasteiger partial charge in [-0.1, -0.05) is 6.92 Å². The summed E-state index contributed by atoms with van der Waals surface area (Å²) >= 11 is 0. The van der Waals surface area contributed by atoms with Crippen LogP contribution in [0.15, 0.2) is 0 Å². The lowest BCUT2D eigenvalue weighted by atomic mass is 10.4. The van der Waals surface area contributed by atoms with E-state index in [1.807, 2.05) is 0 Å². The molecular formula is C7H14O5S. The molecule has 0 spiro atoms. The predicted octanol–water partition coefficient (Wildman–Crippen LogP) is -0.0892. The Morgan fingerprint density at radius 1 is 1.54 bits per heavy atom. The van der Waals surface area contributed by atoms with Gasteiger partial charge in [0.2, 0.25) is 0 Å². The Hall–Kier alpha value is -0.620. The molecular weight excluding hydrogens is 196 g/mol. The molecule has 0 aromatic carbocycles. The fraction of sp³-hybridized carbons (Fsp3) is 0.857. The molecule has 0 amide bonds. The highest BCUT2D eigenvalue weighted by Gasteiger charge is 2.13. The van der Waals surface area contributed by atoms with Gasteiger partial charge in [0.15, 0.2) is 15.9 Å². The molecule has 0 radical (unpaired) electrons. The molecule has 0 aliphatic carbocycles. The molecule has 0 saturated heterocycles. The number of hydrogen-bond donors (Lipinski definition) is 1. The fourth-order valence-corrected chi connectivity index (χ4v) is 1.21. The van der Waals surface area contributed by atoms with Crippen LogP contribution in [0.3, 0.4) is 0 Å². The summed E-state index contributed by atoms with van der Waals surface area (Å²) in [7, 11) is -3.06. The summed E-state index contributed by atoms with van der Waals surface area (Å²) in [6.45, 7) is 2.83. The van der Waals surface area contributed by atoms with Gasteiger partial charge in [0, 0.05) is 5.75 Å². The molecule has 6 heteroatoms. The van der Waals surface area contributed by atoms with Crippen LogP contribution in [0, 0.1) is 0 Å². The maximum absolute atomic E-state index is 10.9. The van der Waals surface area contributed by atoms with Crippen molar-refractivity contribution >= 4 is 15.8 Å². The molecule has 0 fully saturated rings. The zero-order valence-electron chi connectivity index (χ0n) is 7.69. The first-order chi connectivity index (χ1) is 5.89. The quantitative estimate of drug-likeness (QED) is 0.662. The molecule has 13 heavy (non-hydrogen) atoms. The van der Waals surface area contributed by atoms with E-state index >= 15 is 0 Å². The van der Waals surface area contributed by atoms with E-state index in [0.29, 0.717) is 0 Å². The van der Waals surface area contributed by atoms with Gasteiger partial charge in [-0.2, -0.15) is 0 Å². The lowest BCUT2D eigenvalue weighted by Gasteiger charge is -2.07. The number of carboxylic acid groups (broad SMARTS) is 1. The van der Waals surface area contributed by atoms with Crippen LogP contribution in [0.4, 0.5) is 0 Å². The maximum atomic E-state index is 10.9. The highest BCUT2D eigenvalue weighted by molar-refractivity contribution is 7.91. The molecule has 0 rings (SSSR count). The van der Waals surface area contributed by atoms with Crippen LogP contribution in [0.2, 0.25) is 0 Å². The Kier molecular flexibility index (Phi) is 4.94. The lowest BCUT2D eigenvalue weighted by Crippen LogP contribution is -2.23. The highest BCUT2D eigenvalue weighted by Crippen LogP contribution is 1.94. The molecule has 0 aliphatic heterocycles. The molecule has 1 unspecified atom stereocenters. The summed E-state index contributed by atoms with van der Waals surface area (Å²) in [5.41, 5.74) is 0. The first kappa shape index (κ1) is 12.4. The van der Waals surface area contributed by atoms with Crippen LogP contribution < -0.4 is 0 Å². The number of aliphatic carboxylic acids is 1. The Labute approximate surface area is 77.6 Å². The summed E-state index contributed by atoms with van der Waals surface area (Å²) in [6.07, 6.45) is -0.952. The lowest BCUT2D eigenvalue weighted by molar-refractivity contribution is -0.148. The zero-order chi connectivity index (χ0) is 10.5. The summed E-state index contributed by atoms with van der Waals surface area (Å²) in [6, 6.07) is 0. The third-order valence-electron chi connectivity index (χ3n) is 1.55. The molecule has 1 atom stereocenters. The molecule has 0 aliphatic rings. The normalized spacial score (nSPS) is 14.0. The smallest absolute Gasteiger partial charge is 0.332 e. The van der Waals surface area contributed by atoms with Crippen molar-refractivity contribution in [3.63, 3.8) is 0 Å². The van der Waals surface area contributed by atoms with Crippen LogP contribution in [0.5, 0.6) is 0 Å². The molecule has 0 aromatic rings. The minimum Gasteiger partial charge on any atom is -0.479 e. The number of carboxylic acids is 1. The van der Waals surface area contributed by atoms with Crippen LogP contribution >= 0.6 is 0 Å². The largest absolute Gasteiger partial charge is 0.479 e. The van der Waals surface area contributed by atoms with Gasteiger partial charge < -0.3 is 9.84 Å². The van der Waals surface area contributed by atoms with Gasteiger partial charge >= 0.3 is 5.97 Å². The summed E-state index contributed by atoms with van der Waals surface area (Å²) in [5, 5.41) is 8.39. The monoisotopic (exact) mass is 210 g/mol. The van der Waals surface area contributed by atoms with Crippen molar-refractivity contribution < 1.29 is 23.1 Å². The summed E-state index contributed by atoms with van der Waals surface area (Å²) in [5.74, 6) is -1.16. The highest BCUT2D eigenvalue weighted by atomic mass is 32.2. The Bertz CT molecular complexity index is 256. The van der Waals surface area contributed by atoms with Crippen molar-refractivity contribution in [2.45, 2.75) is 20.0 Å². The van der Waals surface area contributed by atoms with E-state index < -0.39 is 21.9 Å². The van der Waals surface area contributed by atoms with Gasteiger partial charge in [-0.3, -0.25) is 0 Å². The predicted molar refractivity (Wildman–Crippen MR) is 47.4 cm³/mol. The Morgan fingerprint density at radius 2 is 2.08 bits per heavy atom. The van der Waals surface area contributed by atoms with Crippen molar-refractivity contribution in [3.05, 3.63) is 0 Å². The molecule has 0 saturated carbocycles. The third-order valence-corrected chi connectivity index (χ3v) is 3.22. The molecule has 78 valence electrons. The number of hydrogen-bond acceptors (Lipinski definition) is 4. The first-order valence-corrected chi connectivity index (χ1v) is 5.76. The van der Waals surface area contributed by atoms with Crippen LogP contribution in [0.1, 0.15) is 13.8 Å². The Balaban J connectivity index is 3.75.